The van der Waals surface area contributed by atoms with E-state index in [4.69, 9.17) is 5.11 Å². The summed E-state index contributed by atoms with van der Waals surface area (Å²) in [7, 11) is 0. The highest BCUT2D eigenvalue weighted by molar-refractivity contribution is 5.74. The summed E-state index contributed by atoms with van der Waals surface area (Å²) < 4.78 is 0. The van der Waals surface area contributed by atoms with Gasteiger partial charge >= 0.3 is 6.03 Å². The number of hydrogen-bond donors (Lipinski definition) is 1. The van der Waals surface area contributed by atoms with Crippen molar-refractivity contribution in [3.63, 3.8) is 0 Å². The maximum atomic E-state index is 12.0. The predicted molar refractivity (Wildman–Crippen MR) is 59.8 cm³/mol. The van der Waals surface area contributed by atoms with Crippen molar-refractivity contribution in [2.24, 2.45) is 0 Å². The molecule has 1 aliphatic heterocycles. The molecule has 88 valence electrons. The van der Waals surface area contributed by atoms with Gasteiger partial charge in [0, 0.05) is 26.2 Å². The van der Waals surface area contributed by atoms with Crippen molar-refractivity contribution < 1.29 is 9.90 Å². The summed E-state index contributed by atoms with van der Waals surface area (Å²) >= 11 is 0. The molecule has 0 unspecified atom stereocenters. The topological polar surface area (TPSA) is 43.8 Å². The van der Waals surface area contributed by atoms with Gasteiger partial charge in [0.05, 0.1) is 6.61 Å². The molecule has 15 heavy (non-hydrogen) atoms. The Morgan fingerprint density at radius 3 is 2.53 bits per heavy atom. The molecule has 0 spiro atoms. The van der Waals surface area contributed by atoms with Gasteiger partial charge in [-0.2, -0.15) is 0 Å². The molecule has 0 atom stereocenters. The van der Waals surface area contributed by atoms with E-state index in [2.05, 4.69) is 6.92 Å². The second-order valence-corrected chi connectivity index (χ2v) is 4.04. The van der Waals surface area contributed by atoms with Crippen molar-refractivity contribution >= 4 is 6.03 Å². The Morgan fingerprint density at radius 2 is 2.00 bits per heavy atom. The van der Waals surface area contributed by atoms with Gasteiger partial charge in [-0.1, -0.05) is 13.3 Å². The molecule has 0 bridgehead atoms. The number of amides is 2. The third kappa shape index (κ3) is 3.70. The quantitative estimate of drug-likeness (QED) is 0.749. The molecule has 1 aliphatic rings. The van der Waals surface area contributed by atoms with Gasteiger partial charge in [0.2, 0.25) is 0 Å². The van der Waals surface area contributed by atoms with E-state index in [1.54, 1.807) is 4.90 Å². The number of carbonyl (C=O) groups excluding carboxylic acids is 1. The van der Waals surface area contributed by atoms with E-state index in [0.29, 0.717) is 6.54 Å². The van der Waals surface area contributed by atoms with Gasteiger partial charge < -0.3 is 14.9 Å². The standard InChI is InChI=1S/C11H22N2O2/c1-2-3-6-13(9-10-14)11(15)12-7-4-5-8-12/h14H,2-10H2,1H3. The van der Waals surface area contributed by atoms with Crippen LogP contribution in [0.1, 0.15) is 32.6 Å². The zero-order valence-electron chi connectivity index (χ0n) is 9.61. The number of aliphatic hydroxyl groups is 1. The molecule has 0 aromatic heterocycles. The maximum Gasteiger partial charge on any atom is 0.320 e. The summed E-state index contributed by atoms with van der Waals surface area (Å²) in [4.78, 5) is 15.6. The van der Waals surface area contributed by atoms with Crippen LogP contribution in [-0.2, 0) is 0 Å². The lowest BCUT2D eigenvalue weighted by Gasteiger charge is -2.27. The summed E-state index contributed by atoms with van der Waals surface area (Å²) in [6.07, 6.45) is 4.33. The summed E-state index contributed by atoms with van der Waals surface area (Å²) in [5.41, 5.74) is 0. The molecule has 0 aliphatic carbocycles. The minimum atomic E-state index is 0.0588. The molecule has 1 N–H and O–H groups in total. The minimum Gasteiger partial charge on any atom is -0.395 e. The summed E-state index contributed by atoms with van der Waals surface area (Å²) in [6, 6.07) is 0.106. The van der Waals surface area contributed by atoms with Gasteiger partial charge in [-0.3, -0.25) is 0 Å². The minimum absolute atomic E-state index is 0.0588. The van der Waals surface area contributed by atoms with Crippen molar-refractivity contribution in [3.8, 4) is 0 Å². The molecule has 0 aromatic rings. The van der Waals surface area contributed by atoms with Crippen molar-refractivity contribution in [2.45, 2.75) is 32.6 Å². The Hall–Kier alpha value is -0.770. The number of rotatable bonds is 5. The molecule has 4 nitrogen and oxygen atoms in total. The second kappa shape index (κ2) is 6.67. The van der Waals surface area contributed by atoms with Crippen LogP contribution < -0.4 is 0 Å². The highest BCUT2D eigenvalue weighted by atomic mass is 16.3. The van der Waals surface area contributed by atoms with Crippen molar-refractivity contribution in [3.05, 3.63) is 0 Å². The fourth-order valence-electron chi connectivity index (χ4n) is 1.88. The molecule has 1 heterocycles. The van der Waals surface area contributed by atoms with Gasteiger partial charge in [-0.05, 0) is 19.3 Å². The van der Waals surface area contributed by atoms with E-state index < -0.39 is 0 Å². The van der Waals surface area contributed by atoms with Crippen molar-refractivity contribution in [1.82, 2.24) is 9.80 Å². The molecule has 0 aromatic carbocycles. The van der Waals surface area contributed by atoms with E-state index in [0.717, 1.165) is 45.3 Å². The van der Waals surface area contributed by atoms with Crippen LogP contribution >= 0.6 is 0 Å². The monoisotopic (exact) mass is 214 g/mol. The Bertz CT molecular complexity index is 191. The normalized spacial score (nSPS) is 15.7. The second-order valence-electron chi connectivity index (χ2n) is 4.04. The Kier molecular flexibility index (Phi) is 5.47. The average Bonchev–Trinajstić information content (AvgIpc) is 2.76. The molecule has 2 amide bonds. The Balaban J connectivity index is 2.41. The van der Waals surface area contributed by atoms with E-state index in [1.807, 2.05) is 4.90 Å². The maximum absolute atomic E-state index is 12.0. The van der Waals surface area contributed by atoms with E-state index in [-0.39, 0.29) is 12.6 Å². The third-order valence-electron chi connectivity index (χ3n) is 2.80. The SMILES string of the molecule is CCCCN(CCO)C(=O)N1CCCC1. The molecular formula is C11H22N2O2. The predicted octanol–water partition coefficient (Wildman–Crippen LogP) is 1.30. The van der Waals surface area contributed by atoms with Crippen LogP contribution in [0.3, 0.4) is 0 Å². The zero-order valence-corrected chi connectivity index (χ0v) is 9.61. The van der Waals surface area contributed by atoms with Crippen LogP contribution in [0.15, 0.2) is 0 Å². The molecule has 1 fully saturated rings. The number of hydrogen-bond acceptors (Lipinski definition) is 2. The molecule has 1 rings (SSSR count). The highest BCUT2D eigenvalue weighted by Gasteiger charge is 2.22. The first-order valence-corrected chi connectivity index (χ1v) is 5.94. The van der Waals surface area contributed by atoms with Crippen LogP contribution in [0.25, 0.3) is 0 Å². The number of nitrogens with zero attached hydrogens (tertiary/aromatic N) is 2. The number of aliphatic hydroxyl groups excluding tert-OH is 1. The number of carbonyl (C=O) groups is 1. The van der Waals surface area contributed by atoms with Crippen LogP contribution in [0.5, 0.6) is 0 Å². The molecule has 0 radical (unpaired) electrons. The fourth-order valence-corrected chi connectivity index (χ4v) is 1.88. The molecule has 1 saturated heterocycles. The third-order valence-corrected chi connectivity index (χ3v) is 2.80. The molecule has 4 heteroatoms. The highest BCUT2D eigenvalue weighted by Crippen LogP contribution is 2.11. The number of likely N-dealkylation sites (tertiary alicyclic amines) is 1. The number of urea groups is 1. The smallest absolute Gasteiger partial charge is 0.320 e. The summed E-state index contributed by atoms with van der Waals surface area (Å²) in [5, 5.41) is 8.92. The van der Waals surface area contributed by atoms with Gasteiger partial charge in [0.1, 0.15) is 0 Å². The lowest BCUT2D eigenvalue weighted by atomic mass is 10.3. The Labute approximate surface area is 91.9 Å². The van der Waals surface area contributed by atoms with Gasteiger partial charge in [0.15, 0.2) is 0 Å². The van der Waals surface area contributed by atoms with Crippen molar-refractivity contribution in [2.75, 3.05) is 32.8 Å². The largest absolute Gasteiger partial charge is 0.395 e. The van der Waals surface area contributed by atoms with Gasteiger partial charge in [-0.15, -0.1) is 0 Å². The molecule has 0 saturated carbocycles. The first-order valence-electron chi connectivity index (χ1n) is 5.94. The Morgan fingerprint density at radius 1 is 1.33 bits per heavy atom. The van der Waals surface area contributed by atoms with Gasteiger partial charge in [0.25, 0.3) is 0 Å². The first-order chi connectivity index (χ1) is 7.29. The van der Waals surface area contributed by atoms with Gasteiger partial charge in [-0.25, -0.2) is 4.79 Å². The van der Waals surface area contributed by atoms with E-state index in [1.165, 1.54) is 0 Å². The first kappa shape index (κ1) is 12.3. The van der Waals surface area contributed by atoms with Crippen molar-refractivity contribution in [1.29, 1.82) is 0 Å². The summed E-state index contributed by atoms with van der Waals surface area (Å²) in [5.74, 6) is 0. The van der Waals surface area contributed by atoms with Crippen LogP contribution in [0.2, 0.25) is 0 Å². The lowest BCUT2D eigenvalue weighted by Crippen LogP contribution is -2.43. The average molecular weight is 214 g/mol. The summed E-state index contributed by atoms with van der Waals surface area (Å²) in [6.45, 7) is 5.17. The lowest BCUT2D eigenvalue weighted by molar-refractivity contribution is 0.147. The zero-order chi connectivity index (χ0) is 11.1. The fraction of sp³-hybridized carbons (Fsp3) is 0.909. The molecular weight excluding hydrogens is 192 g/mol. The van der Waals surface area contributed by atoms with Crippen LogP contribution in [-0.4, -0.2) is 53.7 Å². The van der Waals surface area contributed by atoms with E-state index >= 15 is 0 Å². The van der Waals surface area contributed by atoms with Crippen LogP contribution in [0.4, 0.5) is 4.79 Å². The van der Waals surface area contributed by atoms with E-state index in [9.17, 15) is 4.79 Å². The van der Waals surface area contributed by atoms with Crippen LogP contribution in [0, 0.1) is 0 Å². The number of unbranched alkanes of at least 4 members (excludes halogenated alkanes) is 1.